The lowest BCUT2D eigenvalue weighted by molar-refractivity contribution is -0.134. The van der Waals surface area contributed by atoms with E-state index in [2.05, 4.69) is 27.4 Å². The van der Waals surface area contributed by atoms with E-state index in [4.69, 9.17) is 0 Å². The van der Waals surface area contributed by atoms with Crippen LogP contribution in [0.1, 0.15) is 36.8 Å². The van der Waals surface area contributed by atoms with Crippen molar-refractivity contribution < 1.29 is 9.59 Å². The summed E-state index contributed by atoms with van der Waals surface area (Å²) < 4.78 is 1.75. The van der Waals surface area contributed by atoms with Crippen LogP contribution in [0, 0.1) is 0 Å². The highest BCUT2D eigenvalue weighted by Gasteiger charge is 2.35. The summed E-state index contributed by atoms with van der Waals surface area (Å²) in [6.45, 7) is 1.69. The number of nitrogens with zero attached hydrogens (tertiary/aromatic N) is 4. The van der Waals surface area contributed by atoms with Gasteiger partial charge in [0.1, 0.15) is 6.04 Å². The van der Waals surface area contributed by atoms with E-state index in [9.17, 15) is 14.4 Å². The highest BCUT2D eigenvalue weighted by molar-refractivity contribution is 5.87. The fraction of sp³-hybridized carbons (Fsp3) is 0.417. The molecule has 2 fully saturated rings. The van der Waals surface area contributed by atoms with Gasteiger partial charge in [-0.2, -0.15) is 0 Å². The van der Waals surface area contributed by atoms with Gasteiger partial charge in [-0.1, -0.05) is 30.3 Å². The Bertz CT molecular complexity index is 1210. The quantitative estimate of drug-likeness (QED) is 0.640. The fourth-order valence-corrected chi connectivity index (χ4v) is 5.12. The zero-order valence-corrected chi connectivity index (χ0v) is 18.6. The van der Waals surface area contributed by atoms with Gasteiger partial charge in [0.25, 0.3) is 0 Å². The molecule has 3 amide bonds. The Morgan fingerprint density at radius 3 is 2.61 bits per heavy atom. The maximum absolute atomic E-state index is 13.0. The van der Waals surface area contributed by atoms with E-state index in [-0.39, 0.29) is 29.6 Å². The number of pyridine rings is 1. The van der Waals surface area contributed by atoms with Crippen LogP contribution in [0.5, 0.6) is 0 Å². The smallest absolute Gasteiger partial charge is 0.327 e. The van der Waals surface area contributed by atoms with Crippen LogP contribution in [-0.4, -0.2) is 69.0 Å². The zero-order valence-electron chi connectivity index (χ0n) is 18.6. The van der Waals surface area contributed by atoms with E-state index < -0.39 is 6.04 Å². The number of imidazole rings is 1. The van der Waals surface area contributed by atoms with Crippen LogP contribution in [0.2, 0.25) is 0 Å². The Balaban J connectivity index is 1.23. The second-order valence-corrected chi connectivity index (χ2v) is 8.95. The van der Waals surface area contributed by atoms with Gasteiger partial charge in [0, 0.05) is 44.8 Å². The number of likely N-dealkylation sites (tertiary alicyclic amines) is 2. The maximum Gasteiger partial charge on any atom is 0.327 e. The number of carbonyl (C=O) groups excluding carboxylic acids is 2. The first kappa shape index (κ1) is 21.2. The van der Waals surface area contributed by atoms with E-state index in [1.165, 1.54) is 5.56 Å². The molecule has 2 saturated heterocycles. The minimum atomic E-state index is -0.540. The number of carbonyl (C=O) groups is 2. The molecule has 2 aliphatic heterocycles. The number of hydrogen-bond acceptors (Lipinski definition) is 4. The lowest BCUT2D eigenvalue weighted by Crippen LogP contribution is -2.56. The molecule has 2 N–H and O–H groups in total. The lowest BCUT2D eigenvalue weighted by atomic mass is 9.88. The van der Waals surface area contributed by atoms with Crippen molar-refractivity contribution in [2.24, 2.45) is 0 Å². The van der Waals surface area contributed by atoms with Crippen LogP contribution in [0.15, 0.2) is 53.5 Å². The number of piperidine rings is 2. The highest BCUT2D eigenvalue weighted by atomic mass is 16.2. The van der Waals surface area contributed by atoms with Crippen LogP contribution in [0.3, 0.4) is 0 Å². The molecular weight excluding hydrogens is 420 g/mol. The van der Waals surface area contributed by atoms with E-state index >= 15 is 0 Å². The normalized spacial score (nSPS) is 22.0. The molecule has 2 atom stereocenters. The maximum atomic E-state index is 13.0. The summed E-state index contributed by atoms with van der Waals surface area (Å²) in [7, 11) is 1.79. The van der Waals surface area contributed by atoms with Gasteiger partial charge < -0.3 is 15.1 Å². The molecule has 172 valence electrons. The van der Waals surface area contributed by atoms with Crippen LogP contribution >= 0.6 is 0 Å². The molecule has 0 saturated carbocycles. The van der Waals surface area contributed by atoms with Gasteiger partial charge in [0.05, 0.1) is 5.52 Å². The van der Waals surface area contributed by atoms with Crippen LogP contribution in [-0.2, 0) is 4.79 Å². The summed E-state index contributed by atoms with van der Waals surface area (Å²) in [6.07, 6.45) is 3.58. The van der Waals surface area contributed by atoms with Gasteiger partial charge in [-0.15, -0.1) is 0 Å². The standard InChI is InChI=1S/C24H28N6O3/c1-28-15-17(16-6-3-2-4-7-16)14-19(22(28)31)26-23(32)29-12-9-18(10-13-29)30-20-8-5-11-25-21(20)27-24(30)33/h2-8,11,17-19H,9-10,12-15H2,1H3,(H,26,32)(H,25,27,33). The van der Waals surface area contributed by atoms with Gasteiger partial charge in [0.2, 0.25) is 5.91 Å². The average Bonchev–Trinajstić information content (AvgIpc) is 3.18. The minimum absolute atomic E-state index is 0.00408. The van der Waals surface area contributed by atoms with Crippen molar-refractivity contribution in [2.45, 2.75) is 37.3 Å². The van der Waals surface area contributed by atoms with Gasteiger partial charge in [0.15, 0.2) is 5.65 Å². The Morgan fingerprint density at radius 1 is 1.09 bits per heavy atom. The molecule has 0 bridgehead atoms. The number of amides is 3. The van der Waals surface area contributed by atoms with Crippen molar-refractivity contribution >= 4 is 23.1 Å². The van der Waals surface area contributed by atoms with Crippen molar-refractivity contribution in [3.63, 3.8) is 0 Å². The number of fused-ring (bicyclic) bond motifs is 1. The number of hydrogen-bond donors (Lipinski definition) is 2. The number of nitrogens with one attached hydrogen (secondary N) is 2. The summed E-state index contributed by atoms with van der Waals surface area (Å²) in [5.41, 5.74) is 2.37. The molecule has 33 heavy (non-hydrogen) atoms. The van der Waals surface area contributed by atoms with E-state index in [1.807, 2.05) is 30.3 Å². The first-order chi connectivity index (χ1) is 16.0. The molecule has 4 heterocycles. The Kier molecular flexibility index (Phi) is 5.62. The first-order valence-corrected chi connectivity index (χ1v) is 11.4. The van der Waals surface area contributed by atoms with E-state index in [0.29, 0.717) is 44.5 Å². The molecule has 0 spiro atoms. The third-order valence-electron chi connectivity index (χ3n) is 6.86. The summed E-state index contributed by atoms with van der Waals surface area (Å²) in [5, 5.41) is 2.97. The van der Waals surface area contributed by atoms with Crippen LogP contribution < -0.4 is 11.0 Å². The number of H-pyrrole nitrogens is 1. The van der Waals surface area contributed by atoms with Crippen LogP contribution in [0.25, 0.3) is 11.2 Å². The SMILES string of the molecule is CN1CC(c2ccccc2)CC(NC(=O)N2CCC(n3c(=O)[nH]c4ncccc43)CC2)C1=O. The molecule has 1 aromatic carbocycles. The Morgan fingerprint density at radius 2 is 1.85 bits per heavy atom. The van der Waals surface area contributed by atoms with E-state index in [1.54, 1.807) is 27.6 Å². The summed E-state index contributed by atoms with van der Waals surface area (Å²) in [6, 6.07) is 13.1. The number of likely N-dealkylation sites (N-methyl/N-ethyl adjacent to an activating group) is 1. The van der Waals surface area contributed by atoms with Gasteiger partial charge in [-0.3, -0.25) is 14.3 Å². The highest BCUT2D eigenvalue weighted by Crippen LogP contribution is 2.28. The third-order valence-corrected chi connectivity index (χ3v) is 6.86. The average molecular weight is 449 g/mol. The van der Waals surface area contributed by atoms with Gasteiger partial charge >= 0.3 is 11.7 Å². The molecule has 2 unspecified atom stereocenters. The predicted molar refractivity (Wildman–Crippen MR) is 124 cm³/mol. The Hall–Kier alpha value is -3.62. The molecule has 0 aliphatic carbocycles. The molecule has 9 nitrogen and oxygen atoms in total. The molecule has 0 radical (unpaired) electrons. The molecular formula is C24H28N6O3. The Labute approximate surface area is 191 Å². The molecule has 3 aromatic rings. The minimum Gasteiger partial charge on any atom is -0.343 e. The number of aromatic amines is 1. The lowest BCUT2D eigenvalue weighted by Gasteiger charge is -2.38. The molecule has 2 aliphatic rings. The van der Waals surface area contributed by atoms with Gasteiger partial charge in [-0.05, 0) is 37.0 Å². The topological polar surface area (TPSA) is 103 Å². The molecule has 2 aromatic heterocycles. The third kappa shape index (κ3) is 4.10. The van der Waals surface area contributed by atoms with Gasteiger partial charge in [-0.25, -0.2) is 14.6 Å². The van der Waals surface area contributed by atoms with Crippen molar-refractivity contribution in [3.8, 4) is 0 Å². The number of aromatic nitrogens is 3. The van der Waals surface area contributed by atoms with Crippen molar-refractivity contribution in [3.05, 3.63) is 64.7 Å². The number of rotatable bonds is 3. The molecule has 5 rings (SSSR count). The summed E-state index contributed by atoms with van der Waals surface area (Å²) >= 11 is 0. The molecule has 9 heteroatoms. The summed E-state index contributed by atoms with van der Waals surface area (Å²) in [4.78, 5) is 48.7. The number of benzene rings is 1. The largest absolute Gasteiger partial charge is 0.343 e. The predicted octanol–water partition coefficient (Wildman–Crippen LogP) is 2.09. The monoisotopic (exact) mass is 448 g/mol. The fourth-order valence-electron chi connectivity index (χ4n) is 5.12. The zero-order chi connectivity index (χ0) is 22.9. The van der Waals surface area contributed by atoms with Crippen LogP contribution in [0.4, 0.5) is 4.79 Å². The van der Waals surface area contributed by atoms with Crippen molar-refractivity contribution in [2.75, 3.05) is 26.7 Å². The summed E-state index contributed by atoms with van der Waals surface area (Å²) in [5.74, 6) is 0.135. The second-order valence-electron chi connectivity index (χ2n) is 8.95. The van der Waals surface area contributed by atoms with Crippen molar-refractivity contribution in [1.82, 2.24) is 29.7 Å². The second kappa shape index (κ2) is 8.73. The first-order valence-electron chi connectivity index (χ1n) is 11.4. The van der Waals surface area contributed by atoms with E-state index in [0.717, 1.165) is 5.52 Å². The van der Waals surface area contributed by atoms with Crippen molar-refractivity contribution in [1.29, 1.82) is 0 Å². The number of urea groups is 1.